The lowest BCUT2D eigenvalue weighted by Crippen LogP contribution is -2.69. The van der Waals surface area contributed by atoms with Gasteiger partial charge in [-0.1, -0.05) is 51.1 Å². The molecule has 1 aromatic carbocycles. The van der Waals surface area contributed by atoms with Crippen molar-refractivity contribution in [1.29, 1.82) is 0 Å². The molecule has 7 nitrogen and oxygen atoms in total. The number of hydroxylamine groups is 1. The third kappa shape index (κ3) is 4.79. The number of ether oxygens (including phenoxy) is 2. The van der Waals surface area contributed by atoms with Crippen LogP contribution in [0.15, 0.2) is 41.7 Å². The van der Waals surface area contributed by atoms with Gasteiger partial charge >= 0.3 is 0 Å². The summed E-state index contributed by atoms with van der Waals surface area (Å²) in [6.45, 7) is 11.0. The third-order valence-electron chi connectivity index (χ3n) is 6.69. The summed E-state index contributed by atoms with van der Waals surface area (Å²) in [5, 5.41) is 11.2. The number of hydrogen-bond acceptors (Lipinski definition) is 7. The minimum Gasteiger partial charge on any atom is -0.466 e. The van der Waals surface area contributed by atoms with Crippen molar-refractivity contribution in [1.82, 2.24) is 5.48 Å². The Morgan fingerprint density at radius 1 is 1.29 bits per heavy atom. The van der Waals surface area contributed by atoms with Crippen molar-refractivity contribution >= 4 is 14.6 Å². The first-order valence-electron chi connectivity index (χ1n) is 10.7. The van der Waals surface area contributed by atoms with Crippen LogP contribution in [0.2, 0.25) is 18.1 Å². The fraction of sp³-hybridized carbons (Fsp3) is 0.609. The molecule has 4 atom stereocenters. The van der Waals surface area contributed by atoms with Crippen LogP contribution in [-0.4, -0.2) is 50.9 Å². The predicted molar refractivity (Wildman–Crippen MR) is 119 cm³/mol. The van der Waals surface area contributed by atoms with E-state index in [-0.39, 0.29) is 11.5 Å². The van der Waals surface area contributed by atoms with Crippen molar-refractivity contribution in [2.45, 2.75) is 82.4 Å². The Morgan fingerprint density at radius 3 is 2.55 bits per heavy atom. The molecule has 172 valence electrons. The number of aliphatic hydroxyl groups excluding tert-OH is 1. The summed E-state index contributed by atoms with van der Waals surface area (Å²) in [6, 6.07) is 9.70. The Bertz CT molecular complexity index is 806. The first kappa shape index (κ1) is 24.1. The molecule has 4 unspecified atom stereocenters. The van der Waals surface area contributed by atoms with E-state index in [4.69, 9.17) is 18.7 Å². The summed E-state index contributed by atoms with van der Waals surface area (Å²) >= 11 is 0. The Labute approximate surface area is 185 Å². The van der Waals surface area contributed by atoms with Gasteiger partial charge in [-0.15, -0.1) is 0 Å². The highest BCUT2D eigenvalue weighted by Gasteiger charge is 2.58. The molecule has 2 aliphatic heterocycles. The lowest BCUT2D eigenvalue weighted by atomic mass is 9.83. The molecule has 0 aliphatic carbocycles. The molecule has 2 bridgehead atoms. The molecule has 31 heavy (non-hydrogen) atoms. The normalized spacial score (nSPS) is 28.9. The van der Waals surface area contributed by atoms with Crippen LogP contribution in [0.4, 0.5) is 0 Å². The standard InChI is InChI=1S/C23H35NO6Si/c1-22(2,3)31(5,6)30-18-13-19(26)23(24-28-15-16-10-8-7-9-11-16)20(27-4)12-17(14-25)21(18)29-23/h7-11,14,18-20,24,26H,12-13,15H2,1-6H3. The summed E-state index contributed by atoms with van der Waals surface area (Å²) in [5.41, 5.74) is 3.09. The average Bonchev–Trinajstić information content (AvgIpc) is 2.71. The summed E-state index contributed by atoms with van der Waals surface area (Å²) < 4.78 is 18.4. The minimum atomic E-state index is -2.16. The van der Waals surface area contributed by atoms with Gasteiger partial charge in [0.15, 0.2) is 8.32 Å². The van der Waals surface area contributed by atoms with E-state index in [2.05, 4.69) is 39.3 Å². The van der Waals surface area contributed by atoms with Crippen molar-refractivity contribution in [3.63, 3.8) is 0 Å². The molecule has 1 aromatic rings. The SMILES string of the molecule is COC1CC(C=O)=C2OC1(NOCc1ccccc1)C(O)CC2O[Si](C)(C)C(C)(C)C. The molecule has 0 saturated carbocycles. The Balaban J connectivity index is 1.85. The highest BCUT2D eigenvalue weighted by Crippen LogP contribution is 2.46. The second-order valence-electron chi connectivity index (χ2n) is 9.83. The van der Waals surface area contributed by atoms with Crippen LogP contribution in [-0.2, 0) is 30.1 Å². The van der Waals surface area contributed by atoms with Crippen LogP contribution in [0.5, 0.6) is 0 Å². The van der Waals surface area contributed by atoms with Crippen molar-refractivity contribution in [2.75, 3.05) is 7.11 Å². The second kappa shape index (κ2) is 9.13. The summed E-state index contributed by atoms with van der Waals surface area (Å²) in [7, 11) is -0.629. The number of aldehydes is 1. The number of fused-ring (bicyclic) bond motifs is 2. The maximum Gasteiger partial charge on any atom is 0.234 e. The van der Waals surface area contributed by atoms with Gasteiger partial charge in [-0.05, 0) is 23.7 Å². The van der Waals surface area contributed by atoms with E-state index in [0.717, 1.165) is 11.8 Å². The predicted octanol–water partition coefficient (Wildman–Crippen LogP) is 3.45. The number of benzene rings is 1. The van der Waals surface area contributed by atoms with E-state index in [9.17, 15) is 9.90 Å². The first-order chi connectivity index (χ1) is 14.5. The molecular formula is C23H35NO6Si. The van der Waals surface area contributed by atoms with Gasteiger partial charge in [0.05, 0.1) is 6.61 Å². The summed E-state index contributed by atoms with van der Waals surface area (Å²) in [6.07, 6.45) is -0.670. The smallest absolute Gasteiger partial charge is 0.234 e. The van der Waals surface area contributed by atoms with E-state index < -0.39 is 32.4 Å². The molecule has 2 heterocycles. The van der Waals surface area contributed by atoms with Crippen molar-refractivity contribution in [3.05, 3.63) is 47.2 Å². The van der Waals surface area contributed by atoms with E-state index in [1.165, 1.54) is 7.11 Å². The van der Waals surface area contributed by atoms with Crippen LogP contribution < -0.4 is 5.48 Å². The van der Waals surface area contributed by atoms with Gasteiger partial charge in [-0.25, -0.2) is 0 Å². The third-order valence-corrected chi connectivity index (χ3v) is 11.2. The molecule has 0 spiro atoms. The maximum absolute atomic E-state index is 11.9. The molecule has 2 N–H and O–H groups in total. The molecule has 3 rings (SSSR count). The number of methoxy groups -OCH3 is 1. The van der Waals surface area contributed by atoms with Gasteiger partial charge in [0.1, 0.15) is 30.4 Å². The highest BCUT2D eigenvalue weighted by atomic mass is 28.4. The van der Waals surface area contributed by atoms with Crippen LogP contribution in [0.1, 0.15) is 39.2 Å². The van der Waals surface area contributed by atoms with E-state index in [1.807, 2.05) is 30.3 Å². The fourth-order valence-corrected chi connectivity index (χ4v) is 5.03. The number of carbonyl (C=O) groups excluding carboxylic acids is 1. The zero-order valence-electron chi connectivity index (χ0n) is 19.3. The monoisotopic (exact) mass is 449 g/mol. The molecule has 2 aliphatic rings. The number of aliphatic hydroxyl groups is 1. The van der Waals surface area contributed by atoms with Crippen molar-refractivity contribution in [3.8, 4) is 0 Å². The Morgan fingerprint density at radius 2 is 1.97 bits per heavy atom. The van der Waals surface area contributed by atoms with Crippen LogP contribution in [0.3, 0.4) is 0 Å². The molecule has 0 radical (unpaired) electrons. The van der Waals surface area contributed by atoms with E-state index >= 15 is 0 Å². The summed E-state index contributed by atoms with van der Waals surface area (Å²) in [5.74, 6) is 0.467. The molecule has 1 saturated heterocycles. The molecule has 1 fully saturated rings. The Kier molecular flexibility index (Phi) is 7.10. The number of rotatable bonds is 8. The topological polar surface area (TPSA) is 86.3 Å². The molecular weight excluding hydrogens is 414 g/mol. The Hall–Kier alpha value is -1.55. The maximum atomic E-state index is 11.9. The second-order valence-corrected chi connectivity index (χ2v) is 14.6. The van der Waals surface area contributed by atoms with Gasteiger partial charge in [0, 0.05) is 25.5 Å². The van der Waals surface area contributed by atoms with Gasteiger partial charge < -0.3 is 19.0 Å². The highest BCUT2D eigenvalue weighted by molar-refractivity contribution is 6.74. The van der Waals surface area contributed by atoms with E-state index in [1.54, 1.807) is 0 Å². The van der Waals surface area contributed by atoms with Crippen molar-refractivity contribution in [2.24, 2.45) is 0 Å². The lowest BCUT2D eigenvalue weighted by Gasteiger charge is -2.53. The van der Waals surface area contributed by atoms with Crippen molar-refractivity contribution < 1.29 is 28.6 Å². The zero-order chi connectivity index (χ0) is 22.9. The quantitative estimate of drug-likeness (QED) is 0.357. The zero-order valence-corrected chi connectivity index (χ0v) is 20.3. The minimum absolute atomic E-state index is 0.0187. The number of nitrogens with one attached hydrogen (secondary N) is 1. The molecule has 8 heteroatoms. The number of carbonyl (C=O) groups is 1. The van der Waals surface area contributed by atoms with E-state index in [0.29, 0.717) is 24.4 Å². The van der Waals surface area contributed by atoms with Gasteiger partial charge in [0.2, 0.25) is 5.72 Å². The average molecular weight is 450 g/mol. The first-order valence-corrected chi connectivity index (χ1v) is 13.6. The lowest BCUT2D eigenvalue weighted by molar-refractivity contribution is -0.276. The number of hydrogen-bond donors (Lipinski definition) is 2. The van der Waals surface area contributed by atoms with Crippen LogP contribution >= 0.6 is 0 Å². The van der Waals surface area contributed by atoms with Crippen LogP contribution in [0.25, 0.3) is 0 Å². The van der Waals surface area contributed by atoms with Gasteiger partial charge in [0.25, 0.3) is 0 Å². The summed E-state index contributed by atoms with van der Waals surface area (Å²) in [4.78, 5) is 17.6. The van der Waals surface area contributed by atoms with Gasteiger partial charge in [-0.3, -0.25) is 9.63 Å². The fourth-order valence-electron chi connectivity index (χ4n) is 3.76. The largest absolute Gasteiger partial charge is 0.466 e. The molecule has 0 aromatic heterocycles. The van der Waals surface area contributed by atoms with Crippen LogP contribution in [0, 0.1) is 0 Å². The van der Waals surface area contributed by atoms with Gasteiger partial charge in [-0.2, -0.15) is 5.48 Å². The molecule has 0 amide bonds.